The average molecular weight is 298 g/mol. The number of nitrogens with zero attached hydrogens (tertiary/aromatic N) is 2. The lowest BCUT2D eigenvalue weighted by molar-refractivity contribution is 0.0939. The van der Waals surface area contributed by atoms with E-state index in [1.54, 1.807) is 0 Å². The van der Waals surface area contributed by atoms with Crippen LogP contribution in [-0.4, -0.2) is 21.4 Å². The Balaban J connectivity index is 2.01. The standard InChI is InChI=1S/C17H22N4O/c1-12(13-8-6-5-7-9-13)20-15(22)14-10-18-16(19-11-14)21-17(2,3)4/h5-12H,1-4H3,(H,20,22)(H,18,19,21). The Hall–Kier alpha value is -2.43. The largest absolute Gasteiger partial charge is 0.350 e. The van der Waals surface area contributed by atoms with Gasteiger partial charge in [0.15, 0.2) is 0 Å². The predicted octanol–water partition coefficient (Wildman–Crippen LogP) is 3.18. The van der Waals surface area contributed by atoms with E-state index in [1.807, 2.05) is 58.0 Å². The maximum Gasteiger partial charge on any atom is 0.254 e. The van der Waals surface area contributed by atoms with Gasteiger partial charge in [-0.2, -0.15) is 0 Å². The molecule has 5 heteroatoms. The lowest BCUT2D eigenvalue weighted by Crippen LogP contribution is -2.28. The number of anilines is 1. The van der Waals surface area contributed by atoms with Crippen molar-refractivity contribution in [2.75, 3.05) is 5.32 Å². The summed E-state index contributed by atoms with van der Waals surface area (Å²) in [5.74, 6) is 0.332. The van der Waals surface area contributed by atoms with Crippen molar-refractivity contribution >= 4 is 11.9 Å². The molecule has 0 radical (unpaired) electrons. The number of carbonyl (C=O) groups excluding carboxylic acids is 1. The number of nitrogens with one attached hydrogen (secondary N) is 2. The zero-order valence-electron chi connectivity index (χ0n) is 13.4. The van der Waals surface area contributed by atoms with Crippen molar-refractivity contribution in [3.05, 3.63) is 53.9 Å². The number of hydrogen-bond donors (Lipinski definition) is 2. The van der Waals surface area contributed by atoms with E-state index in [4.69, 9.17) is 0 Å². The predicted molar refractivity (Wildman–Crippen MR) is 87.7 cm³/mol. The first kappa shape index (κ1) is 15.9. The number of aromatic nitrogens is 2. The van der Waals surface area contributed by atoms with Crippen LogP contribution in [0.4, 0.5) is 5.95 Å². The molecule has 1 heterocycles. The average Bonchev–Trinajstić information content (AvgIpc) is 2.47. The summed E-state index contributed by atoms with van der Waals surface area (Å²) < 4.78 is 0. The van der Waals surface area contributed by atoms with Gasteiger partial charge in [0.1, 0.15) is 0 Å². The van der Waals surface area contributed by atoms with E-state index < -0.39 is 0 Å². The third-order valence-electron chi connectivity index (χ3n) is 3.05. The van der Waals surface area contributed by atoms with E-state index in [-0.39, 0.29) is 17.5 Å². The lowest BCUT2D eigenvalue weighted by Gasteiger charge is -2.20. The molecule has 1 unspecified atom stereocenters. The Morgan fingerprint density at radius 2 is 1.68 bits per heavy atom. The van der Waals surface area contributed by atoms with Crippen molar-refractivity contribution in [2.24, 2.45) is 0 Å². The van der Waals surface area contributed by atoms with Crippen molar-refractivity contribution in [1.82, 2.24) is 15.3 Å². The zero-order valence-corrected chi connectivity index (χ0v) is 13.4. The molecule has 0 saturated carbocycles. The van der Waals surface area contributed by atoms with Gasteiger partial charge in [0.05, 0.1) is 11.6 Å². The highest BCUT2D eigenvalue weighted by molar-refractivity contribution is 5.93. The van der Waals surface area contributed by atoms with Crippen molar-refractivity contribution < 1.29 is 4.79 Å². The molecule has 2 N–H and O–H groups in total. The molecule has 1 atom stereocenters. The Bertz CT molecular complexity index is 617. The monoisotopic (exact) mass is 298 g/mol. The van der Waals surface area contributed by atoms with Crippen LogP contribution in [0.1, 0.15) is 49.7 Å². The molecule has 0 spiro atoms. The molecule has 0 aliphatic rings. The highest BCUT2D eigenvalue weighted by atomic mass is 16.1. The second-order valence-electron chi connectivity index (χ2n) is 6.28. The third-order valence-corrected chi connectivity index (χ3v) is 3.05. The van der Waals surface area contributed by atoms with Gasteiger partial charge in [0.25, 0.3) is 5.91 Å². The van der Waals surface area contributed by atoms with E-state index in [2.05, 4.69) is 20.6 Å². The van der Waals surface area contributed by atoms with Gasteiger partial charge in [-0.25, -0.2) is 9.97 Å². The van der Waals surface area contributed by atoms with Gasteiger partial charge in [-0.3, -0.25) is 4.79 Å². The molecule has 0 aliphatic carbocycles. The number of carbonyl (C=O) groups is 1. The van der Waals surface area contributed by atoms with Crippen molar-refractivity contribution in [3.63, 3.8) is 0 Å². The van der Waals surface area contributed by atoms with E-state index in [1.165, 1.54) is 12.4 Å². The quantitative estimate of drug-likeness (QED) is 0.909. The summed E-state index contributed by atoms with van der Waals surface area (Å²) in [5, 5.41) is 6.10. The molecular weight excluding hydrogens is 276 g/mol. The highest BCUT2D eigenvalue weighted by Gasteiger charge is 2.14. The summed E-state index contributed by atoms with van der Waals surface area (Å²) in [5.41, 5.74) is 1.39. The fourth-order valence-electron chi connectivity index (χ4n) is 1.95. The smallest absolute Gasteiger partial charge is 0.254 e. The fourth-order valence-corrected chi connectivity index (χ4v) is 1.95. The Kier molecular flexibility index (Phi) is 4.75. The molecule has 0 aliphatic heterocycles. The van der Waals surface area contributed by atoms with Crippen molar-refractivity contribution in [3.8, 4) is 0 Å². The number of amides is 1. The fraction of sp³-hybridized carbons (Fsp3) is 0.353. The Morgan fingerprint density at radius 1 is 1.09 bits per heavy atom. The minimum Gasteiger partial charge on any atom is -0.350 e. The molecule has 22 heavy (non-hydrogen) atoms. The van der Waals surface area contributed by atoms with Gasteiger partial charge in [-0.05, 0) is 33.3 Å². The topological polar surface area (TPSA) is 66.9 Å². The van der Waals surface area contributed by atoms with Gasteiger partial charge < -0.3 is 10.6 Å². The molecule has 1 amide bonds. The molecule has 0 fully saturated rings. The van der Waals surface area contributed by atoms with Crippen molar-refractivity contribution in [1.29, 1.82) is 0 Å². The van der Waals surface area contributed by atoms with Crippen LogP contribution < -0.4 is 10.6 Å². The molecule has 0 saturated heterocycles. The van der Waals surface area contributed by atoms with Gasteiger partial charge >= 0.3 is 0 Å². The summed E-state index contributed by atoms with van der Waals surface area (Å²) in [7, 11) is 0. The van der Waals surface area contributed by atoms with Crippen LogP contribution in [0.15, 0.2) is 42.7 Å². The van der Waals surface area contributed by atoms with Gasteiger partial charge in [-0.15, -0.1) is 0 Å². The maximum atomic E-state index is 12.2. The van der Waals surface area contributed by atoms with Crippen LogP contribution in [0.25, 0.3) is 0 Å². The van der Waals surface area contributed by atoms with Gasteiger partial charge in [-0.1, -0.05) is 30.3 Å². The van der Waals surface area contributed by atoms with Crippen LogP contribution in [0.5, 0.6) is 0 Å². The SMILES string of the molecule is CC(NC(=O)c1cnc(NC(C)(C)C)nc1)c1ccccc1. The normalized spacial score (nSPS) is 12.5. The summed E-state index contributed by atoms with van der Waals surface area (Å²) >= 11 is 0. The minimum absolute atomic E-state index is 0.0684. The number of benzene rings is 1. The lowest BCUT2D eigenvalue weighted by atomic mass is 10.1. The number of rotatable bonds is 4. The summed E-state index contributed by atoms with van der Waals surface area (Å²) in [4.78, 5) is 20.6. The summed E-state index contributed by atoms with van der Waals surface area (Å²) in [6, 6.07) is 9.76. The van der Waals surface area contributed by atoms with Crippen LogP contribution >= 0.6 is 0 Å². The molecular formula is C17H22N4O. The van der Waals surface area contributed by atoms with Crippen LogP contribution in [0.3, 0.4) is 0 Å². The molecule has 0 bridgehead atoms. The molecule has 2 rings (SSSR count). The summed E-state index contributed by atoms with van der Waals surface area (Å²) in [6.45, 7) is 8.03. The van der Waals surface area contributed by atoms with Crippen LogP contribution in [0.2, 0.25) is 0 Å². The first-order valence-electron chi connectivity index (χ1n) is 7.31. The minimum atomic E-state index is -0.182. The second-order valence-corrected chi connectivity index (χ2v) is 6.28. The second kappa shape index (κ2) is 6.56. The van der Waals surface area contributed by atoms with Crippen molar-refractivity contribution in [2.45, 2.75) is 39.3 Å². The molecule has 1 aromatic heterocycles. The summed E-state index contributed by atoms with van der Waals surface area (Å²) in [6.07, 6.45) is 3.07. The molecule has 5 nitrogen and oxygen atoms in total. The molecule has 1 aromatic carbocycles. The zero-order chi connectivity index (χ0) is 16.2. The number of hydrogen-bond acceptors (Lipinski definition) is 4. The van der Waals surface area contributed by atoms with E-state index in [0.29, 0.717) is 11.5 Å². The third kappa shape index (κ3) is 4.55. The Morgan fingerprint density at radius 3 is 2.23 bits per heavy atom. The molecule has 116 valence electrons. The highest BCUT2D eigenvalue weighted by Crippen LogP contribution is 2.13. The maximum absolute atomic E-state index is 12.2. The first-order valence-corrected chi connectivity index (χ1v) is 7.31. The van der Waals surface area contributed by atoms with E-state index >= 15 is 0 Å². The van der Waals surface area contributed by atoms with Crippen LogP contribution in [0, 0.1) is 0 Å². The van der Waals surface area contributed by atoms with Gasteiger partial charge in [0, 0.05) is 17.9 Å². The van der Waals surface area contributed by atoms with E-state index in [9.17, 15) is 4.79 Å². The van der Waals surface area contributed by atoms with Crippen LogP contribution in [-0.2, 0) is 0 Å². The first-order chi connectivity index (χ1) is 10.3. The Labute approximate surface area is 131 Å². The van der Waals surface area contributed by atoms with Gasteiger partial charge in [0.2, 0.25) is 5.95 Å². The van der Waals surface area contributed by atoms with E-state index in [0.717, 1.165) is 5.56 Å². The molecule has 2 aromatic rings.